The van der Waals surface area contributed by atoms with E-state index in [-0.39, 0.29) is 18.6 Å². The van der Waals surface area contributed by atoms with Crippen LogP contribution in [-0.2, 0) is 6.42 Å². The molecule has 0 heterocycles. The van der Waals surface area contributed by atoms with Gasteiger partial charge in [0.2, 0.25) is 0 Å². The number of aliphatic hydroxyl groups is 1. The second-order valence-corrected chi connectivity index (χ2v) is 11.0. The predicted octanol–water partition coefficient (Wildman–Crippen LogP) is 5.84. The van der Waals surface area contributed by atoms with E-state index in [1.54, 1.807) is 7.11 Å². The number of fused-ring (bicyclic) bond motifs is 5. The van der Waals surface area contributed by atoms with Crippen LogP contribution in [0.2, 0.25) is 0 Å². The highest BCUT2D eigenvalue weighted by molar-refractivity contribution is 5.49. The fourth-order valence-corrected chi connectivity index (χ4v) is 7.65. The van der Waals surface area contributed by atoms with Gasteiger partial charge in [0.1, 0.15) is 5.60 Å². The summed E-state index contributed by atoms with van der Waals surface area (Å²) in [5.41, 5.74) is 1.89. The second-order valence-electron chi connectivity index (χ2n) is 11.0. The first kappa shape index (κ1) is 23.8. The largest absolute Gasteiger partial charge is 0.504 e. The van der Waals surface area contributed by atoms with Crippen LogP contribution in [0, 0.1) is 53.8 Å². The lowest BCUT2D eigenvalue weighted by molar-refractivity contribution is 0.0174. The van der Waals surface area contributed by atoms with Crippen molar-refractivity contribution in [2.24, 2.45) is 29.1 Å². The summed E-state index contributed by atoms with van der Waals surface area (Å²) in [5.74, 6) is 8.90. The third-order valence-corrected chi connectivity index (χ3v) is 9.26. The first-order valence-electron chi connectivity index (χ1n) is 12.4. The van der Waals surface area contributed by atoms with Crippen molar-refractivity contribution in [3.8, 4) is 36.2 Å². The Kier molecular flexibility index (Phi) is 6.57. The number of aromatic hydroxyl groups is 1. The maximum Gasteiger partial charge on any atom is 0.160 e. The molecule has 3 aliphatic carbocycles. The van der Waals surface area contributed by atoms with Crippen molar-refractivity contribution in [3.63, 3.8) is 0 Å². The lowest BCUT2D eigenvalue weighted by atomic mass is 9.53. The summed E-state index contributed by atoms with van der Waals surface area (Å²) in [4.78, 5) is 0. The van der Waals surface area contributed by atoms with Crippen LogP contribution >= 0.6 is 0 Å². The average Bonchev–Trinajstić information content (AvgIpc) is 3.14. The van der Waals surface area contributed by atoms with Crippen LogP contribution in [0.15, 0.2) is 24.3 Å². The highest BCUT2D eigenvalue weighted by Crippen LogP contribution is 2.64. The zero-order valence-electron chi connectivity index (χ0n) is 20.3. The molecule has 3 heteroatoms. The molecular weight excluding hydrogens is 408 g/mol. The Bertz CT molecular complexity index is 977. The molecule has 1 aromatic carbocycles. The fourth-order valence-electron chi connectivity index (χ4n) is 7.65. The van der Waals surface area contributed by atoms with Crippen molar-refractivity contribution in [2.45, 2.75) is 76.7 Å². The molecule has 0 aromatic heterocycles. The SMILES string of the molecule is C#CCC(O)(/C=C/[C@@H](C)[C@H]1CC[C@H]2[C@@H]3CCc4cc(O)c(OC)cc4[C@H]3CC[C@]12C)CC#C. The van der Waals surface area contributed by atoms with Crippen LogP contribution in [0.25, 0.3) is 0 Å². The van der Waals surface area contributed by atoms with Gasteiger partial charge < -0.3 is 14.9 Å². The molecule has 1 aromatic rings. The zero-order chi connectivity index (χ0) is 23.8. The Balaban J connectivity index is 1.55. The van der Waals surface area contributed by atoms with Crippen LogP contribution in [0.3, 0.4) is 0 Å². The first-order valence-corrected chi connectivity index (χ1v) is 12.4. The smallest absolute Gasteiger partial charge is 0.160 e. The van der Waals surface area contributed by atoms with Gasteiger partial charge in [0.25, 0.3) is 0 Å². The van der Waals surface area contributed by atoms with Gasteiger partial charge in [-0.05, 0) is 96.8 Å². The highest BCUT2D eigenvalue weighted by atomic mass is 16.5. The molecule has 3 aliphatic rings. The standard InChI is InChI=1S/C30H38O3/c1-6-14-30(32,15-7-2)17-12-20(3)25-10-11-26-23-9-8-21-18-27(31)28(33-5)19-24(21)22(23)13-16-29(25,26)4/h1-2,12,17-20,22-23,25-26,31-32H,8-11,13-16H2,3-5H3/b17-12+/t20-,22+,23-,25-,26+,29-/m1/s1. The molecular formula is C30H38O3. The van der Waals surface area contributed by atoms with Gasteiger partial charge in [-0.15, -0.1) is 24.7 Å². The highest BCUT2D eigenvalue weighted by Gasteiger charge is 2.55. The minimum absolute atomic E-state index is 0.243. The molecule has 0 bridgehead atoms. The van der Waals surface area contributed by atoms with Gasteiger partial charge in [0, 0.05) is 12.8 Å². The molecule has 0 aliphatic heterocycles. The minimum Gasteiger partial charge on any atom is -0.504 e. The average molecular weight is 447 g/mol. The van der Waals surface area contributed by atoms with Gasteiger partial charge in [-0.1, -0.05) is 26.0 Å². The van der Waals surface area contributed by atoms with E-state index < -0.39 is 5.60 Å². The number of ether oxygens (including phenoxy) is 1. The van der Waals surface area contributed by atoms with Crippen LogP contribution < -0.4 is 4.74 Å². The van der Waals surface area contributed by atoms with Crippen LogP contribution in [0.4, 0.5) is 0 Å². The number of terminal acetylenes is 2. The normalized spacial score (nSPS) is 31.7. The monoisotopic (exact) mass is 446 g/mol. The zero-order valence-corrected chi connectivity index (χ0v) is 20.3. The number of benzene rings is 1. The molecule has 2 fully saturated rings. The summed E-state index contributed by atoms with van der Waals surface area (Å²) in [7, 11) is 1.63. The number of phenols is 1. The quantitative estimate of drug-likeness (QED) is 0.426. The Morgan fingerprint density at radius 3 is 2.61 bits per heavy atom. The minimum atomic E-state index is -1.11. The number of hydrogen-bond acceptors (Lipinski definition) is 3. The molecule has 0 unspecified atom stereocenters. The van der Waals surface area contributed by atoms with Crippen molar-refractivity contribution in [3.05, 3.63) is 35.4 Å². The number of allylic oxidation sites excluding steroid dienone is 1. The number of phenolic OH excluding ortho intramolecular Hbond substituents is 1. The van der Waals surface area contributed by atoms with E-state index in [2.05, 4.69) is 37.8 Å². The molecule has 0 amide bonds. The van der Waals surface area contributed by atoms with Crippen molar-refractivity contribution in [2.75, 3.05) is 7.11 Å². The van der Waals surface area contributed by atoms with E-state index in [1.165, 1.54) is 43.2 Å². The molecule has 176 valence electrons. The summed E-state index contributed by atoms with van der Waals surface area (Å²) in [6.07, 6.45) is 22.6. The van der Waals surface area contributed by atoms with Gasteiger partial charge in [-0.25, -0.2) is 0 Å². The van der Waals surface area contributed by atoms with Gasteiger partial charge in [-0.3, -0.25) is 0 Å². The molecule has 4 rings (SSSR count). The van der Waals surface area contributed by atoms with E-state index >= 15 is 0 Å². The van der Waals surface area contributed by atoms with E-state index in [1.807, 2.05) is 12.1 Å². The van der Waals surface area contributed by atoms with E-state index in [0.29, 0.717) is 40.8 Å². The lowest BCUT2D eigenvalue weighted by Crippen LogP contribution is -2.43. The Morgan fingerprint density at radius 1 is 1.21 bits per heavy atom. The van der Waals surface area contributed by atoms with Crippen molar-refractivity contribution >= 4 is 0 Å². The number of hydrogen-bond donors (Lipinski definition) is 2. The van der Waals surface area contributed by atoms with Gasteiger partial charge >= 0.3 is 0 Å². The van der Waals surface area contributed by atoms with Crippen LogP contribution in [-0.4, -0.2) is 22.9 Å². The molecule has 6 atom stereocenters. The molecule has 0 radical (unpaired) electrons. The summed E-state index contributed by atoms with van der Waals surface area (Å²) in [6.45, 7) is 4.80. The second kappa shape index (κ2) is 9.12. The van der Waals surface area contributed by atoms with Crippen molar-refractivity contribution < 1.29 is 14.9 Å². The fraction of sp³-hybridized carbons (Fsp3) is 0.600. The lowest BCUT2D eigenvalue weighted by Gasteiger charge is -2.52. The summed E-state index contributed by atoms with van der Waals surface area (Å²) < 4.78 is 5.43. The first-order chi connectivity index (χ1) is 15.8. The maximum atomic E-state index is 10.8. The van der Waals surface area contributed by atoms with Gasteiger partial charge in [-0.2, -0.15) is 0 Å². The molecule has 3 nitrogen and oxygen atoms in total. The molecule has 2 N–H and O–H groups in total. The Hall–Kier alpha value is -2.36. The Labute approximate surface area is 199 Å². The van der Waals surface area contributed by atoms with E-state index in [4.69, 9.17) is 17.6 Å². The molecule has 0 spiro atoms. The summed E-state index contributed by atoms with van der Waals surface area (Å²) in [5, 5.41) is 21.1. The van der Waals surface area contributed by atoms with Gasteiger partial charge in [0.15, 0.2) is 11.5 Å². The number of methoxy groups -OCH3 is 1. The van der Waals surface area contributed by atoms with Crippen LogP contribution in [0.5, 0.6) is 11.5 Å². The summed E-state index contributed by atoms with van der Waals surface area (Å²) >= 11 is 0. The predicted molar refractivity (Wildman–Crippen MR) is 133 cm³/mol. The number of rotatable bonds is 6. The van der Waals surface area contributed by atoms with E-state index in [0.717, 1.165) is 6.42 Å². The third kappa shape index (κ3) is 4.18. The maximum absolute atomic E-state index is 10.8. The van der Waals surface area contributed by atoms with E-state index in [9.17, 15) is 10.2 Å². The summed E-state index contributed by atoms with van der Waals surface area (Å²) in [6, 6.07) is 4.02. The molecule has 2 saturated carbocycles. The van der Waals surface area contributed by atoms with Gasteiger partial charge in [0.05, 0.1) is 7.11 Å². The third-order valence-electron chi connectivity index (χ3n) is 9.26. The topological polar surface area (TPSA) is 49.7 Å². The van der Waals surface area contributed by atoms with Crippen LogP contribution in [0.1, 0.15) is 75.8 Å². The Morgan fingerprint density at radius 2 is 1.94 bits per heavy atom. The van der Waals surface area contributed by atoms with Crippen molar-refractivity contribution in [1.82, 2.24) is 0 Å². The molecule has 0 saturated heterocycles. The number of aryl methyl sites for hydroxylation is 1. The van der Waals surface area contributed by atoms with Crippen molar-refractivity contribution in [1.29, 1.82) is 0 Å². The molecule has 33 heavy (non-hydrogen) atoms.